The second-order valence-corrected chi connectivity index (χ2v) is 6.84. The van der Waals surface area contributed by atoms with E-state index < -0.39 is 0 Å². The number of nitrogens with one attached hydrogen (secondary N) is 2. The number of carbonyl (C=O) groups excluding carboxylic acids is 1. The van der Waals surface area contributed by atoms with Gasteiger partial charge in [-0.2, -0.15) is 5.10 Å². The summed E-state index contributed by atoms with van der Waals surface area (Å²) < 4.78 is 1.73. The fourth-order valence-corrected chi connectivity index (χ4v) is 3.36. The lowest BCUT2D eigenvalue weighted by Gasteiger charge is -2.17. The van der Waals surface area contributed by atoms with Crippen LogP contribution in [0.3, 0.4) is 0 Å². The number of aromatic nitrogens is 2. The standard InChI is InChI=1S/C15H22N4OS/c1-9-6-14(12(4)21-9)11(3)18-15(20)17-10(2)13-7-16-19(5)8-13/h6-8,10-11H,1-5H3,(H2,17,18,20)/t10-,11-/m0/s1. The van der Waals surface area contributed by atoms with Crippen LogP contribution in [0.25, 0.3) is 0 Å². The minimum absolute atomic E-state index is 0.00366. The molecule has 0 spiro atoms. The van der Waals surface area contributed by atoms with Gasteiger partial charge in [-0.25, -0.2) is 4.79 Å². The summed E-state index contributed by atoms with van der Waals surface area (Å²) in [6, 6.07) is 1.89. The molecule has 0 aliphatic heterocycles. The Kier molecular flexibility index (Phi) is 4.67. The lowest BCUT2D eigenvalue weighted by Crippen LogP contribution is -2.38. The number of thiophene rings is 1. The molecule has 0 bridgehead atoms. The van der Waals surface area contributed by atoms with Crippen molar-refractivity contribution in [2.24, 2.45) is 7.05 Å². The second-order valence-electron chi connectivity index (χ2n) is 5.38. The Bertz CT molecular complexity index is 631. The number of urea groups is 1. The van der Waals surface area contributed by atoms with Crippen LogP contribution >= 0.6 is 11.3 Å². The van der Waals surface area contributed by atoms with E-state index in [9.17, 15) is 4.79 Å². The second kappa shape index (κ2) is 6.30. The number of hydrogen-bond acceptors (Lipinski definition) is 3. The van der Waals surface area contributed by atoms with Gasteiger partial charge in [-0.05, 0) is 39.3 Å². The van der Waals surface area contributed by atoms with Crippen molar-refractivity contribution in [3.63, 3.8) is 0 Å². The molecule has 0 aliphatic carbocycles. The number of hydrogen-bond donors (Lipinski definition) is 2. The summed E-state index contributed by atoms with van der Waals surface area (Å²) in [5.41, 5.74) is 2.17. The van der Waals surface area contributed by atoms with E-state index in [4.69, 9.17) is 0 Å². The molecule has 5 nitrogen and oxygen atoms in total. The molecule has 0 saturated carbocycles. The minimum atomic E-state index is -0.165. The molecule has 2 aromatic rings. The van der Waals surface area contributed by atoms with E-state index >= 15 is 0 Å². The first-order valence-electron chi connectivity index (χ1n) is 6.99. The summed E-state index contributed by atoms with van der Waals surface area (Å²) in [4.78, 5) is 14.6. The first-order valence-corrected chi connectivity index (χ1v) is 7.81. The average Bonchev–Trinajstić information content (AvgIpc) is 2.95. The van der Waals surface area contributed by atoms with Gasteiger partial charge in [-0.3, -0.25) is 4.68 Å². The summed E-state index contributed by atoms with van der Waals surface area (Å²) in [5.74, 6) is 0. The summed E-state index contributed by atoms with van der Waals surface area (Å²) >= 11 is 1.76. The number of aryl methyl sites for hydroxylation is 3. The van der Waals surface area contributed by atoms with Gasteiger partial charge >= 0.3 is 6.03 Å². The van der Waals surface area contributed by atoms with Gasteiger partial charge in [0.25, 0.3) is 0 Å². The van der Waals surface area contributed by atoms with Crippen molar-refractivity contribution in [1.82, 2.24) is 20.4 Å². The highest BCUT2D eigenvalue weighted by atomic mass is 32.1. The summed E-state index contributed by atoms with van der Waals surface area (Å²) in [6.45, 7) is 8.11. The highest BCUT2D eigenvalue weighted by Gasteiger charge is 2.16. The molecule has 21 heavy (non-hydrogen) atoms. The molecular formula is C15H22N4OS. The molecule has 2 aromatic heterocycles. The molecule has 2 heterocycles. The predicted octanol–water partition coefficient (Wildman–Crippen LogP) is 3.22. The normalized spacial score (nSPS) is 13.8. The first kappa shape index (κ1) is 15.6. The SMILES string of the molecule is Cc1cc([C@H](C)NC(=O)N[C@@H](C)c2cnn(C)c2)c(C)s1. The minimum Gasteiger partial charge on any atom is -0.332 e. The summed E-state index contributed by atoms with van der Waals surface area (Å²) in [7, 11) is 1.86. The van der Waals surface area contributed by atoms with Crippen LogP contribution in [-0.4, -0.2) is 15.8 Å². The van der Waals surface area contributed by atoms with Crippen molar-refractivity contribution in [3.8, 4) is 0 Å². The lowest BCUT2D eigenvalue weighted by molar-refractivity contribution is 0.235. The molecule has 2 N–H and O–H groups in total. The van der Waals surface area contributed by atoms with Crippen molar-refractivity contribution in [1.29, 1.82) is 0 Å². The van der Waals surface area contributed by atoms with Gasteiger partial charge in [0, 0.05) is 28.6 Å². The molecule has 0 aromatic carbocycles. The van der Waals surface area contributed by atoms with Crippen molar-refractivity contribution >= 4 is 17.4 Å². The molecule has 0 aliphatic rings. The average molecular weight is 306 g/mol. The monoisotopic (exact) mass is 306 g/mol. The molecule has 0 radical (unpaired) electrons. The molecule has 0 fully saturated rings. The van der Waals surface area contributed by atoms with Crippen LogP contribution in [-0.2, 0) is 7.05 Å². The van der Waals surface area contributed by atoms with E-state index in [-0.39, 0.29) is 18.1 Å². The maximum Gasteiger partial charge on any atom is 0.315 e. The highest BCUT2D eigenvalue weighted by Crippen LogP contribution is 2.26. The number of rotatable bonds is 4. The Morgan fingerprint density at radius 3 is 2.48 bits per heavy atom. The molecule has 2 atom stereocenters. The first-order chi connectivity index (χ1) is 9.86. The van der Waals surface area contributed by atoms with Gasteiger partial charge < -0.3 is 10.6 Å². The Hall–Kier alpha value is -1.82. The highest BCUT2D eigenvalue weighted by molar-refractivity contribution is 7.12. The fourth-order valence-electron chi connectivity index (χ4n) is 2.34. The van der Waals surface area contributed by atoms with Gasteiger partial charge in [0.1, 0.15) is 0 Å². The van der Waals surface area contributed by atoms with Gasteiger partial charge in [-0.1, -0.05) is 0 Å². The van der Waals surface area contributed by atoms with Gasteiger partial charge in [0.15, 0.2) is 0 Å². The van der Waals surface area contributed by atoms with Crippen LogP contribution < -0.4 is 10.6 Å². The molecule has 2 rings (SSSR count). The van der Waals surface area contributed by atoms with Crippen molar-refractivity contribution < 1.29 is 4.79 Å². The number of amides is 2. The number of nitrogens with zero attached hydrogens (tertiary/aromatic N) is 2. The van der Waals surface area contributed by atoms with Gasteiger partial charge in [0.2, 0.25) is 0 Å². The van der Waals surface area contributed by atoms with Crippen molar-refractivity contribution in [2.75, 3.05) is 0 Å². The van der Waals surface area contributed by atoms with Crippen molar-refractivity contribution in [3.05, 3.63) is 39.3 Å². The molecule has 0 saturated heterocycles. The van der Waals surface area contributed by atoms with Gasteiger partial charge in [-0.15, -0.1) is 11.3 Å². The van der Waals surface area contributed by atoms with E-state index in [2.05, 4.69) is 35.6 Å². The Balaban J connectivity index is 1.94. The largest absolute Gasteiger partial charge is 0.332 e. The Morgan fingerprint density at radius 2 is 1.95 bits per heavy atom. The van der Waals surface area contributed by atoms with Crippen LogP contribution in [0.4, 0.5) is 4.79 Å². The van der Waals surface area contributed by atoms with Crippen LogP contribution in [0.2, 0.25) is 0 Å². The zero-order valence-corrected chi connectivity index (χ0v) is 13.9. The fraction of sp³-hybridized carbons (Fsp3) is 0.467. The van der Waals surface area contributed by atoms with E-state index in [1.165, 1.54) is 15.3 Å². The van der Waals surface area contributed by atoms with Crippen LogP contribution in [0.5, 0.6) is 0 Å². The molecular weight excluding hydrogens is 284 g/mol. The molecule has 6 heteroatoms. The predicted molar refractivity (Wildman–Crippen MR) is 85.5 cm³/mol. The lowest BCUT2D eigenvalue weighted by atomic mass is 10.1. The molecule has 114 valence electrons. The maximum absolute atomic E-state index is 12.1. The zero-order valence-electron chi connectivity index (χ0n) is 13.1. The topological polar surface area (TPSA) is 59.0 Å². The van der Waals surface area contributed by atoms with Crippen LogP contribution in [0.1, 0.15) is 46.8 Å². The zero-order chi connectivity index (χ0) is 15.6. The van der Waals surface area contributed by atoms with E-state index in [0.29, 0.717) is 0 Å². The van der Waals surface area contributed by atoms with Crippen LogP contribution in [0, 0.1) is 13.8 Å². The summed E-state index contributed by atoms with van der Waals surface area (Å²) in [6.07, 6.45) is 3.67. The van der Waals surface area contributed by atoms with E-state index in [1.807, 2.05) is 27.1 Å². The molecule has 0 unspecified atom stereocenters. The smallest absolute Gasteiger partial charge is 0.315 e. The van der Waals surface area contributed by atoms with Gasteiger partial charge in [0.05, 0.1) is 18.3 Å². The van der Waals surface area contributed by atoms with E-state index in [0.717, 1.165) is 5.56 Å². The third-order valence-corrected chi connectivity index (χ3v) is 4.45. The third-order valence-electron chi connectivity index (χ3n) is 3.47. The summed E-state index contributed by atoms with van der Waals surface area (Å²) in [5, 5.41) is 10.0. The Morgan fingerprint density at radius 1 is 1.29 bits per heavy atom. The van der Waals surface area contributed by atoms with E-state index in [1.54, 1.807) is 22.2 Å². The maximum atomic E-state index is 12.1. The van der Waals surface area contributed by atoms with Crippen LogP contribution in [0.15, 0.2) is 18.5 Å². The number of carbonyl (C=O) groups is 1. The molecule has 2 amide bonds. The quantitative estimate of drug-likeness (QED) is 0.911. The van der Waals surface area contributed by atoms with Crippen molar-refractivity contribution in [2.45, 2.75) is 39.8 Å². The Labute approximate surface area is 129 Å². The third kappa shape index (κ3) is 3.85.